The van der Waals surface area contributed by atoms with E-state index in [0.717, 1.165) is 185 Å². The van der Waals surface area contributed by atoms with Gasteiger partial charge in [-0.2, -0.15) is 41.0 Å². The van der Waals surface area contributed by atoms with E-state index in [2.05, 4.69) is 428 Å². The van der Waals surface area contributed by atoms with E-state index in [1.54, 1.807) is 6.33 Å². The summed E-state index contributed by atoms with van der Waals surface area (Å²) in [5.41, 5.74) is 27.5. The van der Waals surface area contributed by atoms with Gasteiger partial charge in [-0.25, -0.2) is 37.8 Å². The zero-order valence-electron chi connectivity index (χ0n) is 80.1. The summed E-state index contributed by atoms with van der Waals surface area (Å²) in [6, 6.07) is 158. The standard InChI is InChI=1S/C43H30N5.C41H34N5.C38H28N5.3Pt/c1-31-25-26-44-43(27-31)48-39-20-9-8-19-37(39)38-24-23-36(29-42(38)48)47(33-15-6-3-7-16-33)35-18-12-17-34(28-35)46-30-45(32-13-4-2-5-14-32)40-21-10-11-22-41(40)46;1-29-23-24-42-40(25-29)46-36-18-9-8-17-34(36)35-22-21-33(27-39(35)46)45(30-13-6-5-7-14-30)32-16-12-15-31(26-32)43-28-44(41(2,3)4)38-20-11-10-19-37(38)43;1-27-21-22-39-38(23-27)43-34-16-7-6-15-32(34)33-20-19-31(25-37(33)43)42(28-11-4-3-5-12-28)30-14-10-13-29(24-30)41-26-40(2)35-17-8-9-18-36(35)41;;;/h2-27,30H,1H3;5-25,28H,1-4H3;3-23,26H,1-2H3;;;/q3*-1;;;/i;;2D3;;;. The van der Waals surface area contributed by atoms with Gasteiger partial charge in [-0.05, 0) is 202 Å². The number of hydrogen-bond acceptors (Lipinski definition) is 6. The van der Waals surface area contributed by atoms with Crippen LogP contribution in [0.1, 0.15) is 41.6 Å². The Morgan fingerprint density at radius 3 is 0.914 bits per heavy atom. The van der Waals surface area contributed by atoms with Gasteiger partial charge in [0.25, 0.3) is 0 Å². The van der Waals surface area contributed by atoms with Crippen molar-refractivity contribution >= 4 is 150 Å². The van der Waals surface area contributed by atoms with Crippen molar-refractivity contribution in [1.82, 2.24) is 56.1 Å². The summed E-state index contributed by atoms with van der Waals surface area (Å²) < 4.78 is 43.2. The summed E-state index contributed by atoms with van der Waals surface area (Å²) in [7, 11) is 0. The van der Waals surface area contributed by atoms with Crippen LogP contribution in [0.2, 0.25) is 0 Å². The topological polar surface area (TPSA) is 92.8 Å². The minimum atomic E-state index is -2.33. The number of fused-ring (bicyclic) bond motifs is 12. The molecule has 0 aliphatic rings. The summed E-state index contributed by atoms with van der Waals surface area (Å²) in [6.07, 6.45) is 11.6. The summed E-state index contributed by atoms with van der Waals surface area (Å²) in [5.74, 6) is 2.59. The number of aryl methyl sites for hydroxylation is 4. The van der Waals surface area contributed by atoms with E-state index >= 15 is 0 Å². The average Bonchev–Trinajstić information content (AvgIpc) is 1.61. The van der Waals surface area contributed by atoms with Gasteiger partial charge in [0.05, 0.1) is 5.54 Å². The molecule has 0 radical (unpaired) electrons. The Morgan fingerprint density at radius 1 is 0.264 bits per heavy atom. The van der Waals surface area contributed by atoms with Crippen molar-refractivity contribution in [2.45, 2.75) is 47.1 Å². The molecule has 140 heavy (non-hydrogen) atoms. The number of pyridine rings is 3. The van der Waals surface area contributed by atoms with Gasteiger partial charge >= 0.3 is 0 Å². The normalized spacial score (nSPS) is 11.8. The molecule has 0 spiro atoms. The Morgan fingerprint density at radius 2 is 0.557 bits per heavy atom. The van der Waals surface area contributed by atoms with Crippen molar-refractivity contribution in [1.29, 1.82) is 0 Å². The van der Waals surface area contributed by atoms with Crippen LogP contribution in [0, 0.1) is 57.2 Å². The second-order valence-electron chi connectivity index (χ2n) is 35.3. The first-order valence-corrected chi connectivity index (χ1v) is 45.9. The molecular formula is C122H92N15Pt3-3. The van der Waals surface area contributed by atoms with E-state index in [0.29, 0.717) is 5.52 Å². The fraction of sp³-hybridized carbons (Fsp3) is 0.0656. The number of hydrogen-bond donors (Lipinski definition) is 0. The number of aromatic nitrogens is 12. The molecule has 0 saturated heterocycles. The smallest absolute Gasteiger partial charge is 0.188 e. The minimum Gasteiger partial charge on any atom is -0.358 e. The molecule has 0 bridgehead atoms. The maximum atomic E-state index is 8.12. The van der Waals surface area contributed by atoms with Crippen molar-refractivity contribution in [2.75, 3.05) is 14.7 Å². The average molecular weight is 2360 g/mol. The van der Waals surface area contributed by atoms with E-state index in [4.69, 9.17) is 19.1 Å². The minimum absolute atomic E-state index is 0. The third-order valence-electron chi connectivity index (χ3n) is 25.3. The van der Waals surface area contributed by atoms with Crippen molar-refractivity contribution < 1.29 is 67.3 Å². The molecule has 688 valence electrons. The molecule has 0 aliphatic carbocycles. The Hall–Kier alpha value is -15.8. The summed E-state index contributed by atoms with van der Waals surface area (Å²) in [6.45, 7) is 10.7. The van der Waals surface area contributed by atoms with Crippen LogP contribution in [0.25, 0.3) is 139 Å². The molecule has 0 fully saturated rings. The zero-order chi connectivity index (χ0) is 94.9. The van der Waals surface area contributed by atoms with E-state index in [1.165, 1.54) is 20.9 Å². The molecule has 9 aromatic heterocycles. The molecular weight excluding hydrogens is 2260 g/mol. The van der Waals surface area contributed by atoms with Gasteiger partial charge in [-0.15, -0.1) is 89.0 Å². The van der Waals surface area contributed by atoms with Crippen molar-refractivity contribution in [2.24, 2.45) is 6.98 Å². The monoisotopic (exact) mass is 2350 g/mol. The van der Waals surface area contributed by atoms with Crippen LogP contribution < -0.4 is 14.7 Å². The molecule has 0 amide bonds. The third-order valence-corrected chi connectivity index (χ3v) is 25.3. The molecule has 0 atom stereocenters. The third kappa shape index (κ3) is 17.2. The molecule has 25 rings (SSSR count). The number of para-hydroxylation sites is 13. The molecule has 0 N–H and O–H groups in total. The van der Waals surface area contributed by atoms with Crippen LogP contribution in [-0.2, 0) is 75.7 Å². The fourth-order valence-corrected chi connectivity index (χ4v) is 19.0. The van der Waals surface area contributed by atoms with Gasteiger partial charge in [0.1, 0.15) is 23.1 Å². The van der Waals surface area contributed by atoms with Crippen molar-refractivity contribution in [3.05, 3.63) is 485 Å². The van der Waals surface area contributed by atoms with Gasteiger partial charge < -0.3 is 28.4 Å². The van der Waals surface area contributed by atoms with E-state index in [-0.39, 0.29) is 68.7 Å². The molecule has 0 unspecified atom stereocenters. The van der Waals surface area contributed by atoms with Crippen LogP contribution >= 0.6 is 0 Å². The van der Waals surface area contributed by atoms with Crippen molar-refractivity contribution in [3.8, 4) is 40.2 Å². The second kappa shape index (κ2) is 39.0. The van der Waals surface area contributed by atoms with E-state index in [9.17, 15) is 0 Å². The Kier molecular flexibility index (Phi) is 24.6. The SMILES string of the molecule is Cc1ccnc(-n2c3[c-]c(N(c4[c-]c(-n5[cH+]n(-c6ccccc6)c6ccccc65)ccc4)c4ccccc4)ccc3c3ccccc32)c1.Cc1ccnc(-n2c3[c-]c(N(c4[c-]c(-n5[cH+]n(C(C)(C)C)c6ccccc65)ccc4)c4ccccc4)ccc3c3ccccc32)c1.[2H]C([2H])([2H])n1[cH+]n(-c2[c-]c(N(c3[c-]c4c(cc3)c3ccccc3n4-c3cc(C)ccn3)c3ccccc3)ccc2)c2ccccc21.[Pt].[Pt].[Pt]. The molecule has 18 heteroatoms. The quantitative estimate of drug-likeness (QED) is 0.0895. The molecule has 9 heterocycles. The summed E-state index contributed by atoms with van der Waals surface area (Å²) in [4.78, 5) is 20.9. The van der Waals surface area contributed by atoms with E-state index in [1.807, 2.05) is 126 Å². The van der Waals surface area contributed by atoms with E-state index < -0.39 is 6.98 Å². The first kappa shape index (κ1) is 88.2. The summed E-state index contributed by atoms with van der Waals surface area (Å²) in [5, 5.41) is 6.83. The molecule has 25 aromatic rings. The number of benzene rings is 16. The maximum Gasteiger partial charge on any atom is 0.188 e. The number of imidazole rings is 3. The Bertz CT molecular complexity index is 8680. The zero-order valence-corrected chi connectivity index (χ0v) is 84.0. The van der Waals surface area contributed by atoms with Crippen LogP contribution in [0.15, 0.2) is 432 Å². The number of anilines is 9. The number of rotatable bonds is 16. The van der Waals surface area contributed by atoms with Gasteiger partial charge in [-0.3, -0.25) is 0 Å². The van der Waals surface area contributed by atoms with Crippen LogP contribution in [-0.4, -0.2) is 56.1 Å². The molecule has 0 saturated carbocycles. The van der Waals surface area contributed by atoms with Gasteiger partial charge in [0.15, 0.2) is 52.1 Å². The maximum absolute atomic E-state index is 8.12. The summed E-state index contributed by atoms with van der Waals surface area (Å²) >= 11 is 0. The van der Waals surface area contributed by atoms with Gasteiger partial charge in [-0.1, -0.05) is 208 Å². The van der Waals surface area contributed by atoms with Gasteiger partial charge in [0.2, 0.25) is 0 Å². The molecule has 0 aliphatic heterocycles. The van der Waals surface area contributed by atoms with Crippen LogP contribution in [0.3, 0.4) is 0 Å². The van der Waals surface area contributed by atoms with Gasteiger partial charge in [0, 0.05) is 180 Å². The fourth-order valence-electron chi connectivity index (χ4n) is 19.0. The Labute approximate surface area is 859 Å². The Balaban J connectivity index is 0.000000130. The predicted octanol–water partition coefficient (Wildman–Crippen LogP) is 30.0. The molecule has 16 aromatic carbocycles. The molecule has 15 nitrogen and oxygen atoms in total. The predicted molar refractivity (Wildman–Crippen MR) is 562 cm³/mol. The first-order valence-electron chi connectivity index (χ1n) is 47.4. The van der Waals surface area contributed by atoms with Crippen LogP contribution in [0.4, 0.5) is 51.2 Å². The van der Waals surface area contributed by atoms with Crippen LogP contribution in [0.5, 0.6) is 0 Å². The van der Waals surface area contributed by atoms with Crippen molar-refractivity contribution in [3.63, 3.8) is 0 Å². The largest absolute Gasteiger partial charge is 0.358 e. The second-order valence-corrected chi connectivity index (χ2v) is 35.3. The number of nitrogens with zero attached hydrogens (tertiary/aromatic N) is 15. The first-order chi connectivity index (χ1) is 68.5.